The van der Waals surface area contributed by atoms with Gasteiger partial charge in [0.1, 0.15) is 17.2 Å². The van der Waals surface area contributed by atoms with E-state index in [-0.39, 0.29) is 11.4 Å². The van der Waals surface area contributed by atoms with E-state index >= 15 is 0 Å². The van der Waals surface area contributed by atoms with Crippen LogP contribution < -0.4 is 0 Å². The number of carbonyl (C=O) groups excluding carboxylic acids is 2. The first-order chi connectivity index (χ1) is 14.4. The second-order valence-electron chi connectivity index (χ2n) is 10.7. The lowest BCUT2D eigenvalue weighted by Crippen LogP contribution is -2.57. The number of halogens is 2. The van der Waals surface area contributed by atoms with E-state index in [1.165, 1.54) is 19.3 Å². The normalized spacial score (nSPS) is 25.9. The standard InChI is InChI=1S/C23H40I2N2O4/c1-21(2,3)31-20(29)27-14-10-23(16-25,9-11-24)15-18(27)19(28)30-22(4,5)17-26-12-7-6-8-13-26/h18H,6-17H2,1-5H3. The number of amides is 1. The Morgan fingerprint density at radius 2 is 1.65 bits per heavy atom. The lowest BCUT2D eigenvalue weighted by Gasteiger charge is -2.45. The van der Waals surface area contributed by atoms with Crippen LogP contribution in [0.1, 0.15) is 73.1 Å². The first-order valence-corrected chi connectivity index (χ1v) is 14.5. The SMILES string of the molecule is CC(C)(C)OC(=O)N1CCC(CI)(CCI)CC1C(=O)OC(C)(C)CN1CCCCC1. The second kappa shape index (κ2) is 11.5. The van der Waals surface area contributed by atoms with E-state index in [4.69, 9.17) is 9.47 Å². The Hall–Kier alpha value is 0.160. The Morgan fingerprint density at radius 3 is 2.19 bits per heavy atom. The molecule has 0 aromatic heterocycles. The molecule has 0 N–H and O–H groups in total. The lowest BCUT2D eigenvalue weighted by atomic mass is 9.75. The van der Waals surface area contributed by atoms with Crippen LogP contribution in [0.25, 0.3) is 0 Å². The number of ether oxygens (including phenoxy) is 2. The maximum Gasteiger partial charge on any atom is 0.411 e. The van der Waals surface area contributed by atoms with Crippen molar-refractivity contribution in [1.82, 2.24) is 9.80 Å². The molecule has 2 fully saturated rings. The molecule has 0 aliphatic carbocycles. The minimum Gasteiger partial charge on any atom is -0.457 e. The van der Waals surface area contributed by atoms with Crippen molar-refractivity contribution in [2.45, 2.75) is 90.4 Å². The first kappa shape index (κ1) is 27.4. The van der Waals surface area contributed by atoms with E-state index in [1.807, 2.05) is 34.6 Å². The van der Waals surface area contributed by atoms with Gasteiger partial charge in [-0.1, -0.05) is 51.6 Å². The van der Waals surface area contributed by atoms with Gasteiger partial charge in [0.15, 0.2) is 0 Å². The predicted molar refractivity (Wildman–Crippen MR) is 141 cm³/mol. The van der Waals surface area contributed by atoms with Crippen LogP contribution in [0, 0.1) is 5.41 Å². The molecule has 2 aliphatic heterocycles. The van der Waals surface area contributed by atoms with Crippen LogP contribution in [-0.2, 0) is 14.3 Å². The summed E-state index contributed by atoms with van der Waals surface area (Å²) in [6, 6.07) is -0.595. The van der Waals surface area contributed by atoms with Crippen LogP contribution in [0.15, 0.2) is 0 Å². The summed E-state index contributed by atoms with van der Waals surface area (Å²) in [5, 5.41) is 0. The fourth-order valence-corrected chi connectivity index (χ4v) is 6.75. The quantitative estimate of drug-likeness (QED) is 0.207. The maximum absolute atomic E-state index is 13.4. The number of alkyl halides is 2. The lowest BCUT2D eigenvalue weighted by molar-refractivity contribution is -0.167. The van der Waals surface area contributed by atoms with Crippen molar-refractivity contribution >= 4 is 57.2 Å². The first-order valence-electron chi connectivity index (χ1n) is 11.5. The summed E-state index contributed by atoms with van der Waals surface area (Å²) < 4.78 is 13.7. The minimum absolute atomic E-state index is 0.0565. The third-order valence-corrected chi connectivity index (χ3v) is 8.28. The van der Waals surface area contributed by atoms with Gasteiger partial charge in [0.05, 0.1) is 0 Å². The summed E-state index contributed by atoms with van der Waals surface area (Å²) in [7, 11) is 0. The van der Waals surface area contributed by atoms with Crippen molar-refractivity contribution in [3.8, 4) is 0 Å². The highest BCUT2D eigenvalue weighted by molar-refractivity contribution is 14.1. The molecule has 0 aromatic rings. The third kappa shape index (κ3) is 8.46. The van der Waals surface area contributed by atoms with Gasteiger partial charge in [0, 0.05) is 21.9 Å². The fourth-order valence-electron chi connectivity index (χ4n) is 4.53. The van der Waals surface area contributed by atoms with Gasteiger partial charge in [-0.3, -0.25) is 9.80 Å². The Labute approximate surface area is 215 Å². The zero-order valence-corrected chi connectivity index (χ0v) is 24.2. The molecule has 0 bridgehead atoms. The molecule has 6 nitrogen and oxygen atoms in total. The van der Waals surface area contributed by atoms with Gasteiger partial charge < -0.3 is 9.47 Å². The van der Waals surface area contributed by atoms with Crippen molar-refractivity contribution in [2.75, 3.05) is 35.0 Å². The number of likely N-dealkylation sites (tertiary alicyclic amines) is 2. The molecule has 8 heteroatoms. The molecule has 2 unspecified atom stereocenters. The molecule has 2 atom stereocenters. The molecular formula is C23H40I2N2O4. The van der Waals surface area contributed by atoms with E-state index in [1.54, 1.807) is 4.90 Å². The Bertz CT molecular complexity index is 617. The highest BCUT2D eigenvalue weighted by Crippen LogP contribution is 2.41. The highest BCUT2D eigenvalue weighted by Gasteiger charge is 2.46. The van der Waals surface area contributed by atoms with E-state index in [0.717, 1.165) is 41.3 Å². The summed E-state index contributed by atoms with van der Waals surface area (Å²) in [5.41, 5.74) is -1.14. The van der Waals surface area contributed by atoms with Crippen LogP contribution in [0.3, 0.4) is 0 Å². The number of rotatable bonds is 7. The molecule has 2 aliphatic rings. The third-order valence-electron chi connectivity index (χ3n) is 6.12. The zero-order chi connectivity index (χ0) is 23.3. The fraction of sp³-hybridized carbons (Fsp3) is 0.913. The maximum atomic E-state index is 13.4. The average molecular weight is 662 g/mol. The van der Waals surface area contributed by atoms with Crippen molar-refractivity contribution < 1.29 is 19.1 Å². The largest absolute Gasteiger partial charge is 0.457 e. The topological polar surface area (TPSA) is 59.1 Å². The molecule has 180 valence electrons. The number of hydrogen-bond acceptors (Lipinski definition) is 5. The summed E-state index contributed by atoms with van der Waals surface area (Å²) in [4.78, 5) is 30.4. The summed E-state index contributed by atoms with van der Waals surface area (Å²) in [6.07, 6.45) is 5.83. The van der Waals surface area contributed by atoms with Crippen LogP contribution >= 0.6 is 45.2 Å². The summed E-state index contributed by atoms with van der Waals surface area (Å²) in [5.74, 6) is -0.296. The van der Waals surface area contributed by atoms with E-state index in [2.05, 4.69) is 50.1 Å². The van der Waals surface area contributed by atoms with Gasteiger partial charge in [0.25, 0.3) is 0 Å². The molecule has 1 amide bonds. The number of carbonyl (C=O) groups is 2. The van der Waals surface area contributed by atoms with E-state index in [0.29, 0.717) is 13.0 Å². The Balaban J connectivity index is 2.16. The number of esters is 1. The number of nitrogens with zero attached hydrogens (tertiary/aromatic N) is 2. The van der Waals surface area contributed by atoms with Crippen molar-refractivity contribution in [3.05, 3.63) is 0 Å². The average Bonchev–Trinajstić information content (AvgIpc) is 2.66. The number of piperidine rings is 2. The van der Waals surface area contributed by atoms with Crippen LogP contribution in [0.4, 0.5) is 4.79 Å². The van der Waals surface area contributed by atoms with Crippen molar-refractivity contribution in [2.24, 2.45) is 5.41 Å². The minimum atomic E-state index is -0.598. The predicted octanol–water partition coefficient (Wildman–Crippen LogP) is 5.44. The molecule has 2 saturated heterocycles. The highest BCUT2D eigenvalue weighted by atomic mass is 127. The van der Waals surface area contributed by atoms with Gasteiger partial charge in [-0.2, -0.15) is 0 Å². The van der Waals surface area contributed by atoms with Crippen LogP contribution in [-0.4, -0.2) is 74.1 Å². The molecular weight excluding hydrogens is 622 g/mol. The van der Waals surface area contributed by atoms with Crippen molar-refractivity contribution in [1.29, 1.82) is 0 Å². The van der Waals surface area contributed by atoms with Gasteiger partial charge in [-0.15, -0.1) is 0 Å². The molecule has 0 aromatic carbocycles. The smallest absolute Gasteiger partial charge is 0.411 e. The van der Waals surface area contributed by atoms with E-state index < -0.39 is 23.3 Å². The van der Waals surface area contributed by atoms with Crippen LogP contribution in [0.5, 0.6) is 0 Å². The van der Waals surface area contributed by atoms with Crippen molar-refractivity contribution in [3.63, 3.8) is 0 Å². The molecule has 2 heterocycles. The molecule has 0 saturated carbocycles. The molecule has 2 rings (SSSR count). The Morgan fingerprint density at radius 1 is 1.00 bits per heavy atom. The van der Waals surface area contributed by atoms with Gasteiger partial charge in [-0.05, 0) is 85.2 Å². The molecule has 0 spiro atoms. The Kier molecular flexibility index (Phi) is 10.2. The molecule has 0 radical (unpaired) electrons. The number of hydrogen-bond donors (Lipinski definition) is 0. The van der Waals surface area contributed by atoms with Crippen LogP contribution in [0.2, 0.25) is 0 Å². The van der Waals surface area contributed by atoms with Gasteiger partial charge in [-0.25, -0.2) is 9.59 Å². The zero-order valence-electron chi connectivity index (χ0n) is 19.8. The second-order valence-corrected chi connectivity index (χ2v) is 12.6. The van der Waals surface area contributed by atoms with Gasteiger partial charge in [0.2, 0.25) is 0 Å². The monoisotopic (exact) mass is 662 g/mol. The summed E-state index contributed by atoms with van der Waals surface area (Å²) in [6.45, 7) is 12.9. The van der Waals surface area contributed by atoms with E-state index in [9.17, 15) is 9.59 Å². The van der Waals surface area contributed by atoms with Gasteiger partial charge >= 0.3 is 12.1 Å². The summed E-state index contributed by atoms with van der Waals surface area (Å²) >= 11 is 4.84. The molecule has 31 heavy (non-hydrogen) atoms.